The Hall–Kier alpha value is -2.06. The molecule has 0 aliphatic heterocycles. The first kappa shape index (κ1) is 15.3. The standard InChI is InChI=1S/C13H11NO5S2/c1-19-11-3-2-9(14(17)18)4-8(11)6-20-10-5-12(13(15)16)21-7-10/h2-5,7H,6H2,1H3,(H,15,16). The summed E-state index contributed by atoms with van der Waals surface area (Å²) in [6, 6.07) is 6.00. The van der Waals surface area contributed by atoms with E-state index in [-0.39, 0.29) is 10.6 Å². The van der Waals surface area contributed by atoms with Crippen LogP contribution in [0.5, 0.6) is 5.75 Å². The number of carboxylic acid groups (broad SMARTS) is 1. The van der Waals surface area contributed by atoms with Gasteiger partial charge in [0.15, 0.2) is 0 Å². The first-order valence-electron chi connectivity index (χ1n) is 5.77. The third-order valence-corrected chi connectivity index (χ3v) is 4.75. The highest BCUT2D eigenvalue weighted by Crippen LogP contribution is 2.32. The van der Waals surface area contributed by atoms with Crippen molar-refractivity contribution in [3.8, 4) is 5.75 Å². The summed E-state index contributed by atoms with van der Waals surface area (Å²) in [5.74, 6) is 0.0715. The number of nitro benzene ring substituents is 1. The molecule has 0 bridgehead atoms. The molecule has 1 N–H and O–H groups in total. The minimum absolute atomic E-state index is 0.00273. The minimum atomic E-state index is -0.959. The fourth-order valence-electron chi connectivity index (χ4n) is 1.66. The third-order valence-electron chi connectivity index (χ3n) is 2.66. The lowest BCUT2D eigenvalue weighted by Crippen LogP contribution is -1.94. The van der Waals surface area contributed by atoms with Gasteiger partial charge in [0.25, 0.3) is 5.69 Å². The molecule has 0 aliphatic carbocycles. The van der Waals surface area contributed by atoms with Gasteiger partial charge in [-0.05, 0) is 12.1 Å². The van der Waals surface area contributed by atoms with Gasteiger partial charge in [-0.2, -0.15) is 0 Å². The molecule has 110 valence electrons. The predicted molar refractivity (Wildman–Crippen MR) is 80.5 cm³/mol. The van der Waals surface area contributed by atoms with Crippen LogP contribution in [0.4, 0.5) is 5.69 Å². The van der Waals surface area contributed by atoms with Gasteiger partial charge in [-0.1, -0.05) is 0 Å². The molecule has 0 unspecified atom stereocenters. The highest BCUT2D eigenvalue weighted by Gasteiger charge is 2.13. The van der Waals surface area contributed by atoms with Crippen molar-refractivity contribution in [2.24, 2.45) is 0 Å². The fraction of sp³-hybridized carbons (Fsp3) is 0.154. The molecule has 0 amide bonds. The number of thioether (sulfide) groups is 1. The number of carboxylic acids is 1. The van der Waals surface area contributed by atoms with E-state index < -0.39 is 10.9 Å². The van der Waals surface area contributed by atoms with Gasteiger partial charge >= 0.3 is 5.97 Å². The Kier molecular flexibility index (Phi) is 4.81. The average Bonchev–Trinajstić information content (AvgIpc) is 2.93. The van der Waals surface area contributed by atoms with Gasteiger partial charge in [0.2, 0.25) is 0 Å². The SMILES string of the molecule is COc1ccc([N+](=O)[O-])cc1CSc1csc(C(=O)O)c1. The summed E-state index contributed by atoms with van der Waals surface area (Å²) in [6.45, 7) is 0. The summed E-state index contributed by atoms with van der Waals surface area (Å²) in [6.07, 6.45) is 0. The van der Waals surface area contributed by atoms with E-state index in [0.29, 0.717) is 17.1 Å². The van der Waals surface area contributed by atoms with Gasteiger partial charge in [-0.15, -0.1) is 23.1 Å². The molecular formula is C13H11NO5S2. The Bertz CT molecular complexity index is 683. The summed E-state index contributed by atoms with van der Waals surface area (Å²) in [5.41, 5.74) is 0.697. The topological polar surface area (TPSA) is 89.7 Å². The second kappa shape index (κ2) is 6.59. The molecule has 6 nitrogen and oxygen atoms in total. The van der Waals surface area contributed by atoms with Gasteiger partial charge in [0, 0.05) is 33.7 Å². The van der Waals surface area contributed by atoms with E-state index >= 15 is 0 Å². The van der Waals surface area contributed by atoms with E-state index in [4.69, 9.17) is 9.84 Å². The van der Waals surface area contributed by atoms with E-state index in [9.17, 15) is 14.9 Å². The van der Waals surface area contributed by atoms with Crippen LogP contribution in [0.1, 0.15) is 15.2 Å². The van der Waals surface area contributed by atoms with Crippen LogP contribution in [0.25, 0.3) is 0 Å². The molecule has 0 saturated carbocycles. The van der Waals surface area contributed by atoms with Gasteiger partial charge in [-0.25, -0.2) is 4.79 Å². The quantitative estimate of drug-likeness (QED) is 0.495. The lowest BCUT2D eigenvalue weighted by atomic mass is 10.2. The highest BCUT2D eigenvalue weighted by molar-refractivity contribution is 7.98. The maximum atomic E-state index is 10.8. The van der Waals surface area contributed by atoms with Gasteiger partial charge in [0.1, 0.15) is 10.6 Å². The number of non-ortho nitro benzene ring substituents is 1. The lowest BCUT2D eigenvalue weighted by molar-refractivity contribution is -0.384. The van der Waals surface area contributed by atoms with Crippen LogP contribution in [-0.4, -0.2) is 23.1 Å². The number of thiophene rings is 1. The third kappa shape index (κ3) is 3.73. The zero-order valence-electron chi connectivity index (χ0n) is 10.9. The molecule has 0 saturated heterocycles. The van der Waals surface area contributed by atoms with Gasteiger partial charge in [0.05, 0.1) is 12.0 Å². The van der Waals surface area contributed by atoms with Crippen LogP contribution < -0.4 is 4.74 Å². The van der Waals surface area contributed by atoms with Crippen molar-refractivity contribution in [3.05, 3.63) is 50.2 Å². The Morgan fingerprint density at radius 2 is 2.24 bits per heavy atom. The first-order chi connectivity index (χ1) is 10.0. The van der Waals surface area contributed by atoms with Crippen LogP contribution >= 0.6 is 23.1 Å². The molecule has 0 atom stereocenters. The number of nitro groups is 1. The zero-order valence-corrected chi connectivity index (χ0v) is 12.6. The predicted octanol–water partition coefficient (Wildman–Crippen LogP) is 3.66. The molecular weight excluding hydrogens is 314 g/mol. The monoisotopic (exact) mass is 325 g/mol. The highest BCUT2D eigenvalue weighted by atomic mass is 32.2. The van der Waals surface area contributed by atoms with Crippen LogP contribution in [0.3, 0.4) is 0 Å². The number of carbonyl (C=O) groups is 1. The number of methoxy groups -OCH3 is 1. The second-order valence-electron chi connectivity index (χ2n) is 3.99. The van der Waals surface area contributed by atoms with E-state index in [1.165, 1.54) is 31.0 Å². The minimum Gasteiger partial charge on any atom is -0.496 e. The molecule has 0 spiro atoms. The van der Waals surface area contributed by atoms with E-state index in [2.05, 4.69) is 0 Å². The smallest absolute Gasteiger partial charge is 0.345 e. The summed E-state index contributed by atoms with van der Waals surface area (Å²) in [7, 11) is 1.50. The maximum absolute atomic E-state index is 10.8. The van der Waals surface area contributed by atoms with Crippen molar-refractivity contribution in [1.29, 1.82) is 0 Å². The molecule has 8 heteroatoms. The van der Waals surface area contributed by atoms with Crippen LogP contribution in [0, 0.1) is 10.1 Å². The van der Waals surface area contributed by atoms with E-state index in [1.54, 1.807) is 17.5 Å². The fourth-order valence-corrected chi connectivity index (χ4v) is 3.51. The maximum Gasteiger partial charge on any atom is 0.345 e. The Balaban J connectivity index is 2.15. The number of hydrogen-bond acceptors (Lipinski definition) is 6. The molecule has 2 aromatic rings. The Labute approximate surface area is 128 Å². The second-order valence-corrected chi connectivity index (χ2v) is 5.95. The van der Waals surface area contributed by atoms with Crippen molar-refractivity contribution in [2.75, 3.05) is 7.11 Å². The molecule has 2 rings (SSSR count). The largest absolute Gasteiger partial charge is 0.496 e. The summed E-state index contributed by atoms with van der Waals surface area (Å²) < 4.78 is 5.18. The van der Waals surface area contributed by atoms with Crippen molar-refractivity contribution >= 4 is 34.8 Å². The van der Waals surface area contributed by atoms with Crippen LogP contribution in [0.2, 0.25) is 0 Å². The number of nitrogens with zero attached hydrogens (tertiary/aromatic N) is 1. The zero-order chi connectivity index (χ0) is 15.4. The molecule has 0 radical (unpaired) electrons. The van der Waals surface area contributed by atoms with Crippen molar-refractivity contribution in [1.82, 2.24) is 0 Å². The normalized spacial score (nSPS) is 10.3. The first-order valence-corrected chi connectivity index (χ1v) is 7.63. The van der Waals surface area contributed by atoms with Crippen molar-refractivity contribution < 1.29 is 19.6 Å². The number of ether oxygens (including phenoxy) is 1. The molecule has 21 heavy (non-hydrogen) atoms. The Morgan fingerprint density at radius 3 is 2.81 bits per heavy atom. The van der Waals surface area contributed by atoms with Crippen molar-refractivity contribution in [2.45, 2.75) is 10.6 Å². The van der Waals surface area contributed by atoms with Gasteiger partial charge in [-0.3, -0.25) is 10.1 Å². The summed E-state index contributed by atoms with van der Waals surface area (Å²) in [4.78, 5) is 22.2. The summed E-state index contributed by atoms with van der Waals surface area (Å²) in [5, 5.41) is 21.4. The average molecular weight is 325 g/mol. The number of benzene rings is 1. The van der Waals surface area contributed by atoms with Gasteiger partial charge < -0.3 is 9.84 Å². The molecule has 1 aromatic carbocycles. The Morgan fingerprint density at radius 1 is 1.48 bits per heavy atom. The molecule has 1 aromatic heterocycles. The molecule has 1 heterocycles. The summed E-state index contributed by atoms with van der Waals surface area (Å²) >= 11 is 2.56. The lowest BCUT2D eigenvalue weighted by Gasteiger charge is -2.07. The number of hydrogen-bond donors (Lipinski definition) is 1. The number of rotatable bonds is 6. The van der Waals surface area contributed by atoms with Crippen LogP contribution in [0.15, 0.2) is 34.5 Å². The van der Waals surface area contributed by atoms with E-state index in [0.717, 1.165) is 16.2 Å². The molecule has 0 fully saturated rings. The van der Waals surface area contributed by atoms with Crippen molar-refractivity contribution in [3.63, 3.8) is 0 Å². The van der Waals surface area contributed by atoms with E-state index in [1.807, 2.05) is 0 Å². The van der Waals surface area contributed by atoms with Crippen LogP contribution in [-0.2, 0) is 5.75 Å². The number of aromatic carboxylic acids is 1. The molecule has 0 aliphatic rings.